The van der Waals surface area contributed by atoms with Crippen LogP contribution in [-0.2, 0) is 9.59 Å². The molecule has 0 fully saturated rings. The van der Waals surface area contributed by atoms with Crippen LogP contribution >= 0.6 is 0 Å². The summed E-state index contributed by atoms with van der Waals surface area (Å²) >= 11 is 0. The van der Waals surface area contributed by atoms with Crippen LogP contribution in [0.4, 0.5) is 0 Å². The van der Waals surface area contributed by atoms with Gasteiger partial charge >= 0.3 is 0 Å². The van der Waals surface area contributed by atoms with Crippen LogP contribution < -0.4 is 10.6 Å². The average molecular weight is 408 g/mol. The Morgan fingerprint density at radius 1 is 0.793 bits per heavy atom. The molecule has 0 saturated carbocycles. The van der Waals surface area contributed by atoms with Crippen molar-refractivity contribution in [1.29, 1.82) is 0 Å². The smallest absolute Gasteiger partial charge is 0.220 e. The second-order valence-electron chi connectivity index (χ2n) is 7.92. The zero-order valence-corrected chi connectivity index (χ0v) is 19.5. The summed E-state index contributed by atoms with van der Waals surface area (Å²) in [5, 5.41) is 6.21. The highest BCUT2D eigenvalue weighted by atomic mass is 16.2. The van der Waals surface area contributed by atoms with Gasteiger partial charge in [0.2, 0.25) is 11.8 Å². The number of nitrogens with zero attached hydrogens (tertiary/aromatic N) is 1. The summed E-state index contributed by atoms with van der Waals surface area (Å²) in [5.74, 6) is 0.265. The summed E-state index contributed by atoms with van der Waals surface area (Å²) in [6.07, 6.45) is 15.6. The van der Waals surface area contributed by atoms with Crippen LogP contribution in [0.3, 0.4) is 0 Å². The first-order valence-corrected chi connectivity index (χ1v) is 11.5. The molecule has 0 saturated heterocycles. The Hall–Kier alpha value is -1.62. The number of allylic oxidation sites excluding steroid dienone is 4. The van der Waals surface area contributed by atoms with Gasteiger partial charge in [0, 0.05) is 38.0 Å². The standard InChI is InChI=1S/C24H45N3O2/c1-6-9-11-13-15-17-23(28)25-21(4)19-27(8-3)20-22(5)26-24(29)18-16-14-12-10-7-2/h6-7,9-10,21-22H,8,11-20H2,1-5H3,(H,25,28)(H,26,29)/b9-6+,10-7+. The molecule has 2 amide bonds. The molecular weight excluding hydrogens is 362 g/mol. The minimum Gasteiger partial charge on any atom is -0.352 e. The van der Waals surface area contributed by atoms with Gasteiger partial charge in [0.1, 0.15) is 0 Å². The van der Waals surface area contributed by atoms with Gasteiger partial charge < -0.3 is 10.6 Å². The SMILES string of the molecule is C/C=C/CCCCC(=O)NC(C)CN(CC)CC(C)NC(=O)CCCC/C=C/C. The molecule has 0 aromatic heterocycles. The van der Waals surface area contributed by atoms with Gasteiger partial charge in [-0.3, -0.25) is 14.5 Å². The molecule has 0 radical (unpaired) electrons. The number of carbonyl (C=O) groups is 2. The molecule has 0 aliphatic rings. The molecule has 29 heavy (non-hydrogen) atoms. The lowest BCUT2D eigenvalue weighted by atomic mass is 10.1. The van der Waals surface area contributed by atoms with E-state index in [9.17, 15) is 9.59 Å². The number of hydrogen-bond acceptors (Lipinski definition) is 3. The fraction of sp³-hybridized carbons (Fsp3) is 0.750. The topological polar surface area (TPSA) is 61.4 Å². The van der Waals surface area contributed by atoms with E-state index in [1.54, 1.807) is 0 Å². The monoisotopic (exact) mass is 407 g/mol. The number of unbranched alkanes of at least 4 members (excludes halogenated alkanes) is 4. The number of likely N-dealkylation sites (N-methyl/N-ethyl adjacent to an activating group) is 1. The fourth-order valence-corrected chi connectivity index (χ4v) is 3.32. The van der Waals surface area contributed by atoms with E-state index < -0.39 is 0 Å². The summed E-state index contributed by atoms with van der Waals surface area (Å²) in [6.45, 7) is 12.7. The van der Waals surface area contributed by atoms with Crippen molar-refractivity contribution < 1.29 is 9.59 Å². The lowest BCUT2D eigenvalue weighted by molar-refractivity contribution is -0.122. The molecular formula is C24H45N3O2. The van der Waals surface area contributed by atoms with E-state index in [-0.39, 0.29) is 23.9 Å². The van der Waals surface area contributed by atoms with Crippen molar-refractivity contribution in [3.63, 3.8) is 0 Å². The Bertz CT molecular complexity index is 447. The zero-order valence-electron chi connectivity index (χ0n) is 19.5. The minimum atomic E-state index is 0.104. The van der Waals surface area contributed by atoms with Crippen LogP contribution in [0.25, 0.3) is 0 Å². The van der Waals surface area contributed by atoms with Gasteiger partial charge in [-0.1, -0.05) is 31.2 Å². The van der Waals surface area contributed by atoms with Crippen molar-refractivity contribution in [2.45, 2.75) is 98.1 Å². The van der Waals surface area contributed by atoms with E-state index in [4.69, 9.17) is 0 Å². The maximum absolute atomic E-state index is 12.1. The second kappa shape index (κ2) is 18.4. The molecule has 0 heterocycles. The van der Waals surface area contributed by atoms with Gasteiger partial charge in [0.15, 0.2) is 0 Å². The predicted molar refractivity (Wildman–Crippen MR) is 124 cm³/mol. The van der Waals surface area contributed by atoms with E-state index in [0.29, 0.717) is 12.8 Å². The van der Waals surface area contributed by atoms with Gasteiger partial charge in [-0.15, -0.1) is 0 Å². The second-order valence-corrected chi connectivity index (χ2v) is 7.92. The number of rotatable bonds is 17. The summed E-state index contributed by atoms with van der Waals surface area (Å²) in [7, 11) is 0. The largest absolute Gasteiger partial charge is 0.352 e. The van der Waals surface area contributed by atoms with Crippen LogP contribution in [0.5, 0.6) is 0 Å². The van der Waals surface area contributed by atoms with Crippen molar-refractivity contribution in [2.24, 2.45) is 0 Å². The Labute approximate surface area is 179 Å². The average Bonchev–Trinajstić information content (AvgIpc) is 2.66. The van der Waals surface area contributed by atoms with Gasteiger partial charge in [-0.2, -0.15) is 0 Å². The molecule has 0 bridgehead atoms. The minimum absolute atomic E-state index is 0.104. The van der Waals surface area contributed by atoms with Crippen molar-refractivity contribution in [2.75, 3.05) is 19.6 Å². The van der Waals surface area contributed by atoms with Crippen LogP contribution in [-0.4, -0.2) is 48.4 Å². The number of carbonyl (C=O) groups excluding carboxylic acids is 2. The van der Waals surface area contributed by atoms with Crippen LogP contribution in [0.15, 0.2) is 24.3 Å². The van der Waals surface area contributed by atoms with Crippen LogP contribution in [0.1, 0.15) is 86.0 Å². The lowest BCUT2D eigenvalue weighted by Gasteiger charge is -2.28. The normalized spacial score (nSPS) is 13.9. The number of amides is 2. The highest BCUT2D eigenvalue weighted by molar-refractivity contribution is 5.76. The van der Waals surface area contributed by atoms with Gasteiger partial charge in [-0.05, 0) is 72.8 Å². The van der Waals surface area contributed by atoms with E-state index in [0.717, 1.165) is 58.2 Å². The summed E-state index contributed by atoms with van der Waals surface area (Å²) in [6, 6.07) is 0.208. The first-order chi connectivity index (χ1) is 13.9. The zero-order chi connectivity index (χ0) is 21.9. The molecule has 2 N–H and O–H groups in total. The van der Waals surface area contributed by atoms with Crippen molar-refractivity contribution >= 4 is 11.8 Å². The molecule has 2 atom stereocenters. The van der Waals surface area contributed by atoms with Gasteiger partial charge in [0.25, 0.3) is 0 Å². The summed E-state index contributed by atoms with van der Waals surface area (Å²) < 4.78 is 0. The Balaban J connectivity index is 4.07. The Morgan fingerprint density at radius 2 is 1.21 bits per heavy atom. The van der Waals surface area contributed by atoms with Crippen LogP contribution in [0.2, 0.25) is 0 Å². The molecule has 0 aromatic carbocycles. The van der Waals surface area contributed by atoms with E-state index in [1.165, 1.54) is 0 Å². The lowest BCUT2D eigenvalue weighted by Crippen LogP contribution is -2.47. The highest BCUT2D eigenvalue weighted by Crippen LogP contribution is 2.03. The fourth-order valence-electron chi connectivity index (χ4n) is 3.32. The number of nitrogens with one attached hydrogen (secondary N) is 2. The predicted octanol–water partition coefficient (Wildman–Crippen LogP) is 4.59. The Kier molecular flexibility index (Phi) is 17.4. The van der Waals surface area contributed by atoms with E-state index >= 15 is 0 Å². The first kappa shape index (κ1) is 27.4. The quantitative estimate of drug-likeness (QED) is 0.274. The van der Waals surface area contributed by atoms with E-state index in [2.05, 4.69) is 46.8 Å². The summed E-state index contributed by atoms with van der Waals surface area (Å²) in [5.41, 5.74) is 0. The third-order valence-electron chi connectivity index (χ3n) is 4.85. The maximum atomic E-state index is 12.1. The maximum Gasteiger partial charge on any atom is 0.220 e. The Morgan fingerprint density at radius 3 is 1.55 bits per heavy atom. The highest BCUT2D eigenvalue weighted by Gasteiger charge is 2.15. The number of hydrogen-bond donors (Lipinski definition) is 2. The molecule has 168 valence electrons. The molecule has 0 aromatic rings. The third-order valence-corrected chi connectivity index (χ3v) is 4.85. The van der Waals surface area contributed by atoms with E-state index in [1.807, 2.05) is 27.7 Å². The van der Waals surface area contributed by atoms with Gasteiger partial charge in [0.05, 0.1) is 0 Å². The molecule has 0 aliphatic carbocycles. The molecule has 2 unspecified atom stereocenters. The van der Waals surface area contributed by atoms with Gasteiger partial charge in [-0.25, -0.2) is 0 Å². The molecule has 0 rings (SSSR count). The summed E-state index contributed by atoms with van der Waals surface area (Å²) in [4.78, 5) is 26.4. The molecule has 0 spiro atoms. The molecule has 0 aliphatic heterocycles. The van der Waals surface area contributed by atoms with Crippen molar-refractivity contribution in [3.05, 3.63) is 24.3 Å². The molecule has 5 nitrogen and oxygen atoms in total. The van der Waals surface area contributed by atoms with Crippen LogP contribution in [0, 0.1) is 0 Å². The van der Waals surface area contributed by atoms with Crippen molar-refractivity contribution in [3.8, 4) is 0 Å². The molecule has 5 heteroatoms. The third kappa shape index (κ3) is 17.0. The van der Waals surface area contributed by atoms with Crippen molar-refractivity contribution in [1.82, 2.24) is 15.5 Å². The first-order valence-electron chi connectivity index (χ1n) is 11.5.